The number of nitrogens with one attached hydrogen (secondary N) is 1. The van der Waals surface area contributed by atoms with E-state index < -0.39 is 0 Å². The molecular weight excluding hydrogens is 236 g/mol. The molecule has 3 unspecified atom stereocenters. The van der Waals surface area contributed by atoms with Crippen molar-refractivity contribution >= 4 is 0 Å². The Kier molecular flexibility index (Phi) is 3.79. The average molecular weight is 268 g/mol. The highest BCUT2D eigenvalue weighted by atomic mass is 16.5. The molecule has 1 saturated carbocycles. The Morgan fingerprint density at radius 2 is 2.00 bits per heavy atom. The Bertz CT molecular complexity index is 338. The highest BCUT2D eigenvalue weighted by molar-refractivity contribution is 5.21. The summed E-state index contributed by atoms with van der Waals surface area (Å²) < 4.78 is 5.84. The van der Waals surface area contributed by atoms with E-state index in [-0.39, 0.29) is 11.0 Å². The molecule has 0 spiro atoms. The van der Waals surface area contributed by atoms with Crippen molar-refractivity contribution in [1.82, 2.24) is 5.32 Å². The van der Waals surface area contributed by atoms with Crippen LogP contribution in [0.4, 0.5) is 0 Å². The van der Waals surface area contributed by atoms with Crippen LogP contribution in [0.25, 0.3) is 0 Å². The van der Waals surface area contributed by atoms with Crippen molar-refractivity contribution in [1.29, 1.82) is 0 Å². The van der Waals surface area contributed by atoms with Gasteiger partial charge in [-0.15, -0.1) is 0 Å². The largest absolute Gasteiger partial charge is 0.377 e. The molecular formula is C16H32N2O. The van der Waals surface area contributed by atoms with Gasteiger partial charge in [-0.05, 0) is 17.8 Å². The minimum Gasteiger partial charge on any atom is -0.377 e. The van der Waals surface area contributed by atoms with Gasteiger partial charge in [0.05, 0.1) is 6.10 Å². The highest BCUT2D eigenvalue weighted by Crippen LogP contribution is 2.57. The van der Waals surface area contributed by atoms with Crippen molar-refractivity contribution in [2.24, 2.45) is 28.4 Å². The van der Waals surface area contributed by atoms with Crippen LogP contribution in [-0.4, -0.2) is 31.3 Å². The average Bonchev–Trinajstić information content (AvgIpc) is 2.76. The third kappa shape index (κ3) is 2.24. The minimum absolute atomic E-state index is 0.0864. The molecule has 1 aliphatic heterocycles. The summed E-state index contributed by atoms with van der Waals surface area (Å²) in [7, 11) is 0. The molecule has 2 fully saturated rings. The lowest BCUT2D eigenvalue weighted by Gasteiger charge is -2.62. The van der Waals surface area contributed by atoms with Gasteiger partial charge in [0.1, 0.15) is 0 Å². The van der Waals surface area contributed by atoms with Crippen LogP contribution < -0.4 is 11.1 Å². The molecule has 1 aliphatic carbocycles. The van der Waals surface area contributed by atoms with Crippen LogP contribution in [0.5, 0.6) is 0 Å². The molecule has 3 nitrogen and oxygen atoms in total. The van der Waals surface area contributed by atoms with E-state index in [1.807, 2.05) is 0 Å². The lowest BCUT2D eigenvalue weighted by Crippen LogP contribution is -2.78. The maximum atomic E-state index is 6.73. The summed E-state index contributed by atoms with van der Waals surface area (Å²) in [6, 6.07) is 0. The van der Waals surface area contributed by atoms with Crippen LogP contribution in [0.3, 0.4) is 0 Å². The van der Waals surface area contributed by atoms with Gasteiger partial charge in [-0.2, -0.15) is 0 Å². The van der Waals surface area contributed by atoms with Crippen molar-refractivity contribution in [3.8, 4) is 0 Å². The smallest absolute Gasteiger partial charge is 0.0691 e. The fourth-order valence-electron chi connectivity index (χ4n) is 3.63. The topological polar surface area (TPSA) is 47.3 Å². The lowest BCUT2D eigenvalue weighted by atomic mass is 9.48. The van der Waals surface area contributed by atoms with E-state index in [0.717, 1.165) is 26.1 Å². The molecule has 0 aromatic rings. The molecule has 3 N–H and O–H groups in total. The van der Waals surface area contributed by atoms with Crippen LogP contribution in [0.1, 0.15) is 48.0 Å². The van der Waals surface area contributed by atoms with Crippen molar-refractivity contribution in [2.75, 3.05) is 19.7 Å². The quantitative estimate of drug-likeness (QED) is 0.805. The van der Waals surface area contributed by atoms with E-state index in [1.54, 1.807) is 0 Å². The lowest BCUT2D eigenvalue weighted by molar-refractivity contribution is -0.153. The van der Waals surface area contributed by atoms with Crippen molar-refractivity contribution < 1.29 is 4.74 Å². The molecule has 112 valence electrons. The van der Waals surface area contributed by atoms with Gasteiger partial charge in [-0.25, -0.2) is 0 Å². The normalized spacial score (nSPS) is 37.3. The van der Waals surface area contributed by atoms with Crippen LogP contribution in [0.2, 0.25) is 0 Å². The first-order valence-corrected chi connectivity index (χ1v) is 7.74. The molecule has 0 amide bonds. The molecule has 3 heteroatoms. The monoisotopic (exact) mass is 268 g/mol. The van der Waals surface area contributed by atoms with Crippen molar-refractivity contribution in [2.45, 2.75) is 59.6 Å². The van der Waals surface area contributed by atoms with Gasteiger partial charge < -0.3 is 15.8 Å². The van der Waals surface area contributed by atoms with Gasteiger partial charge in [-0.1, -0.05) is 41.5 Å². The molecule has 0 bridgehead atoms. The standard InChI is InChI=1S/C16H32N2O/c1-11(2)14(3,4)9-18-10-16(17)12-7-8-19-13(12)15(16,5)6/h11-13,18H,7-10,17H2,1-6H3. The van der Waals surface area contributed by atoms with Gasteiger partial charge in [-0.3, -0.25) is 0 Å². The third-order valence-corrected chi connectivity index (χ3v) is 6.23. The predicted molar refractivity (Wildman–Crippen MR) is 80.0 cm³/mol. The van der Waals surface area contributed by atoms with E-state index in [2.05, 4.69) is 46.9 Å². The number of hydrogen-bond acceptors (Lipinski definition) is 3. The summed E-state index contributed by atoms with van der Waals surface area (Å²) in [5.74, 6) is 1.21. The molecule has 1 saturated heterocycles. The first-order valence-electron chi connectivity index (χ1n) is 7.74. The second kappa shape index (κ2) is 4.71. The molecule has 19 heavy (non-hydrogen) atoms. The zero-order valence-corrected chi connectivity index (χ0v) is 13.5. The summed E-state index contributed by atoms with van der Waals surface area (Å²) in [6.45, 7) is 16.5. The molecule has 0 aromatic carbocycles. The number of ether oxygens (including phenoxy) is 1. The van der Waals surface area contributed by atoms with E-state index in [9.17, 15) is 0 Å². The Hall–Kier alpha value is -0.120. The summed E-state index contributed by atoms with van der Waals surface area (Å²) >= 11 is 0. The summed E-state index contributed by atoms with van der Waals surface area (Å²) in [4.78, 5) is 0. The first-order chi connectivity index (χ1) is 8.63. The highest BCUT2D eigenvalue weighted by Gasteiger charge is 2.67. The summed E-state index contributed by atoms with van der Waals surface area (Å²) in [5.41, 5.74) is 7.02. The molecule has 0 radical (unpaired) electrons. The van der Waals surface area contributed by atoms with E-state index >= 15 is 0 Å². The zero-order valence-electron chi connectivity index (χ0n) is 13.5. The van der Waals surface area contributed by atoms with Crippen LogP contribution >= 0.6 is 0 Å². The number of rotatable bonds is 5. The Morgan fingerprint density at radius 1 is 1.37 bits per heavy atom. The maximum absolute atomic E-state index is 6.73. The van der Waals surface area contributed by atoms with Gasteiger partial charge in [0.15, 0.2) is 0 Å². The Balaban J connectivity index is 1.92. The second-order valence-electron chi connectivity index (χ2n) is 8.20. The zero-order chi connectivity index (χ0) is 14.5. The SMILES string of the molecule is CC(C)C(C)(C)CNCC1(N)C2CCOC2C1(C)C. The van der Waals surface area contributed by atoms with Crippen LogP contribution in [0, 0.1) is 22.7 Å². The maximum Gasteiger partial charge on any atom is 0.0691 e. The summed E-state index contributed by atoms with van der Waals surface area (Å²) in [6.07, 6.45) is 1.50. The summed E-state index contributed by atoms with van der Waals surface area (Å²) in [5, 5.41) is 3.64. The van der Waals surface area contributed by atoms with Crippen LogP contribution in [-0.2, 0) is 4.74 Å². The molecule has 2 rings (SSSR count). The second-order valence-corrected chi connectivity index (χ2v) is 8.20. The first kappa shape index (κ1) is 15.3. The van der Waals surface area contributed by atoms with Gasteiger partial charge in [0.2, 0.25) is 0 Å². The molecule has 2 aliphatic rings. The van der Waals surface area contributed by atoms with E-state index in [1.165, 1.54) is 0 Å². The fourth-order valence-corrected chi connectivity index (χ4v) is 3.63. The van der Waals surface area contributed by atoms with Gasteiger partial charge in [0.25, 0.3) is 0 Å². The van der Waals surface area contributed by atoms with Crippen molar-refractivity contribution in [3.05, 3.63) is 0 Å². The number of fused-ring (bicyclic) bond motifs is 1. The van der Waals surface area contributed by atoms with Crippen molar-refractivity contribution in [3.63, 3.8) is 0 Å². The minimum atomic E-state index is -0.110. The Labute approximate surface area is 118 Å². The molecule has 1 heterocycles. The van der Waals surface area contributed by atoms with E-state index in [4.69, 9.17) is 10.5 Å². The van der Waals surface area contributed by atoms with Gasteiger partial charge in [0, 0.05) is 36.6 Å². The molecule has 3 atom stereocenters. The number of nitrogens with two attached hydrogens (primary N) is 1. The van der Waals surface area contributed by atoms with E-state index in [0.29, 0.717) is 23.4 Å². The van der Waals surface area contributed by atoms with Crippen LogP contribution in [0.15, 0.2) is 0 Å². The molecule has 0 aromatic heterocycles. The fraction of sp³-hybridized carbons (Fsp3) is 1.00. The number of hydrogen-bond donors (Lipinski definition) is 2. The Morgan fingerprint density at radius 3 is 2.58 bits per heavy atom. The van der Waals surface area contributed by atoms with Gasteiger partial charge >= 0.3 is 0 Å². The predicted octanol–water partition coefficient (Wildman–Crippen LogP) is 2.40. The third-order valence-electron chi connectivity index (χ3n) is 6.23.